The number of hydrogen-bond donors (Lipinski definition) is 2. The van der Waals surface area contributed by atoms with Gasteiger partial charge < -0.3 is 19.5 Å². The molecule has 0 saturated heterocycles. The highest BCUT2D eigenvalue weighted by atomic mass is 16.3. The minimum atomic E-state index is 0.740. The van der Waals surface area contributed by atoms with Gasteiger partial charge in [0.2, 0.25) is 0 Å². The summed E-state index contributed by atoms with van der Waals surface area (Å²) in [6.07, 6.45) is 3.40. The zero-order chi connectivity index (χ0) is 19.0. The molecule has 4 aromatic rings. The first-order chi connectivity index (χ1) is 13.9. The van der Waals surface area contributed by atoms with E-state index in [2.05, 4.69) is 59.2 Å². The predicted molar refractivity (Wildman–Crippen MR) is 110 cm³/mol. The third-order valence-electron chi connectivity index (χ3n) is 4.66. The smallest absolute Gasteiger partial charge is 0.117 e. The van der Waals surface area contributed by atoms with Gasteiger partial charge in [-0.1, -0.05) is 48.5 Å². The van der Waals surface area contributed by atoms with E-state index in [9.17, 15) is 0 Å². The van der Waals surface area contributed by atoms with Crippen molar-refractivity contribution >= 4 is 0 Å². The van der Waals surface area contributed by atoms with Crippen LogP contribution in [0.1, 0.15) is 22.6 Å². The second-order valence-corrected chi connectivity index (χ2v) is 6.76. The molecule has 0 amide bonds. The molecule has 0 saturated carbocycles. The molecule has 4 rings (SSSR count). The van der Waals surface area contributed by atoms with Crippen LogP contribution in [0.3, 0.4) is 0 Å². The van der Waals surface area contributed by atoms with Crippen LogP contribution in [-0.2, 0) is 26.2 Å². The molecule has 0 aliphatic heterocycles. The molecule has 2 heterocycles. The maximum absolute atomic E-state index is 5.33. The van der Waals surface area contributed by atoms with E-state index in [1.165, 1.54) is 22.3 Å². The fourth-order valence-electron chi connectivity index (χ4n) is 3.12. The Morgan fingerprint density at radius 2 is 0.929 bits per heavy atom. The molecule has 2 aromatic heterocycles. The van der Waals surface area contributed by atoms with Crippen LogP contribution in [0, 0.1) is 0 Å². The second-order valence-electron chi connectivity index (χ2n) is 6.76. The molecule has 2 N–H and O–H groups in total. The van der Waals surface area contributed by atoms with Crippen LogP contribution in [-0.4, -0.2) is 0 Å². The molecule has 0 radical (unpaired) electrons. The minimum Gasteiger partial charge on any atom is -0.468 e. The standard InChI is InChI=1S/C24H24N2O2/c1-3-23(27-13-1)17-25-15-19-5-9-21(10-6-19)22-11-7-20(8-12-22)16-26-18-24-4-2-14-28-24/h1-14,25-26H,15-18H2. The van der Waals surface area contributed by atoms with E-state index >= 15 is 0 Å². The Morgan fingerprint density at radius 3 is 1.29 bits per heavy atom. The summed E-state index contributed by atoms with van der Waals surface area (Å²) in [5, 5.41) is 6.79. The normalized spacial score (nSPS) is 11.0. The SMILES string of the molecule is c1coc(CNCc2ccc(-c3ccc(CNCc4ccco4)cc3)cc2)c1. The zero-order valence-corrected chi connectivity index (χ0v) is 15.7. The van der Waals surface area contributed by atoms with Crippen LogP contribution >= 0.6 is 0 Å². The molecule has 2 aromatic carbocycles. The molecule has 4 heteroatoms. The van der Waals surface area contributed by atoms with Gasteiger partial charge >= 0.3 is 0 Å². The van der Waals surface area contributed by atoms with Crippen molar-refractivity contribution in [3.05, 3.63) is 108 Å². The van der Waals surface area contributed by atoms with Crippen LogP contribution in [0.4, 0.5) is 0 Å². The monoisotopic (exact) mass is 372 g/mol. The van der Waals surface area contributed by atoms with Crippen molar-refractivity contribution in [3.63, 3.8) is 0 Å². The van der Waals surface area contributed by atoms with E-state index in [0.717, 1.165) is 37.7 Å². The van der Waals surface area contributed by atoms with E-state index in [0.29, 0.717) is 0 Å². The highest BCUT2D eigenvalue weighted by Crippen LogP contribution is 2.20. The maximum atomic E-state index is 5.33. The molecule has 0 aliphatic rings. The number of furan rings is 2. The average molecular weight is 372 g/mol. The molecule has 0 unspecified atom stereocenters. The fourth-order valence-corrected chi connectivity index (χ4v) is 3.12. The van der Waals surface area contributed by atoms with Crippen LogP contribution in [0.5, 0.6) is 0 Å². The van der Waals surface area contributed by atoms with Gasteiger partial charge in [0.05, 0.1) is 25.6 Å². The molecule has 142 valence electrons. The van der Waals surface area contributed by atoms with Gasteiger partial charge in [0, 0.05) is 13.1 Å². The highest BCUT2D eigenvalue weighted by Gasteiger charge is 2.01. The molecule has 0 spiro atoms. The molecular formula is C24H24N2O2. The van der Waals surface area contributed by atoms with E-state index in [-0.39, 0.29) is 0 Å². The Bertz CT molecular complexity index is 859. The Balaban J connectivity index is 1.27. The van der Waals surface area contributed by atoms with Crippen LogP contribution in [0.25, 0.3) is 11.1 Å². The van der Waals surface area contributed by atoms with Gasteiger partial charge in [-0.15, -0.1) is 0 Å². The van der Waals surface area contributed by atoms with Crippen molar-refractivity contribution in [1.29, 1.82) is 0 Å². The second kappa shape index (κ2) is 9.22. The lowest BCUT2D eigenvalue weighted by Gasteiger charge is -2.07. The Kier molecular flexibility index (Phi) is 6.02. The van der Waals surface area contributed by atoms with Gasteiger partial charge in [-0.25, -0.2) is 0 Å². The Hall–Kier alpha value is -3.08. The van der Waals surface area contributed by atoms with Crippen molar-refractivity contribution in [2.24, 2.45) is 0 Å². The zero-order valence-electron chi connectivity index (χ0n) is 15.7. The van der Waals surface area contributed by atoms with Crippen molar-refractivity contribution < 1.29 is 8.83 Å². The van der Waals surface area contributed by atoms with Gasteiger partial charge in [0.15, 0.2) is 0 Å². The van der Waals surface area contributed by atoms with Crippen LogP contribution < -0.4 is 10.6 Å². The summed E-state index contributed by atoms with van der Waals surface area (Å²) in [6, 6.07) is 25.2. The van der Waals surface area contributed by atoms with Gasteiger partial charge in [-0.05, 0) is 46.5 Å². The lowest BCUT2D eigenvalue weighted by Crippen LogP contribution is -2.12. The topological polar surface area (TPSA) is 50.3 Å². The summed E-state index contributed by atoms with van der Waals surface area (Å²) in [7, 11) is 0. The number of hydrogen-bond acceptors (Lipinski definition) is 4. The average Bonchev–Trinajstić information content (AvgIpc) is 3.44. The molecule has 0 aliphatic carbocycles. The first-order valence-corrected chi connectivity index (χ1v) is 9.51. The first-order valence-electron chi connectivity index (χ1n) is 9.51. The molecule has 28 heavy (non-hydrogen) atoms. The van der Waals surface area contributed by atoms with Gasteiger partial charge in [0.25, 0.3) is 0 Å². The summed E-state index contributed by atoms with van der Waals surface area (Å²) in [5.41, 5.74) is 4.97. The molecule has 0 atom stereocenters. The third kappa shape index (κ3) is 5.00. The summed E-state index contributed by atoms with van der Waals surface area (Å²) in [4.78, 5) is 0. The molecule has 0 bridgehead atoms. The largest absolute Gasteiger partial charge is 0.468 e. The number of rotatable bonds is 9. The van der Waals surface area contributed by atoms with Gasteiger partial charge in [0.1, 0.15) is 11.5 Å². The predicted octanol–water partition coefficient (Wildman–Crippen LogP) is 5.12. The third-order valence-corrected chi connectivity index (χ3v) is 4.66. The molecule has 4 nitrogen and oxygen atoms in total. The van der Waals surface area contributed by atoms with Crippen molar-refractivity contribution in [3.8, 4) is 11.1 Å². The number of nitrogens with one attached hydrogen (secondary N) is 2. The quantitative estimate of drug-likeness (QED) is 0.428. The van der Waals surface area contributed by atoms with E-state index < -0.39 is 0 Å². The minimum absolute atomic E-state index is 0.740. The Morgan fingerprint density at radius 1 is 0.500 bits per heavy atom. The summed E-state index contributed by atoms with van der Waals surface area (Å²) in [5.74, 6) is 1.91. The summed E-state index contributed by atoms with van der Waals surface area (Å²) in [6.45, 7) is 3.12. The van der Waals surface area contributed by atoms with Gasteiger partial charge in [-0.3, -0.25) is 0 Å². The number of benzene rings is 2. The summed E-state index contributed by atoms with van der Waals surface area (Å²) < 4.78 is 10.7. The van der Waals surface area contributed by atoms with Crippen molar-refractivity contribution in [1.82, 2.24) is 10.6 Å². The Labute approximate surface area is 165 Å². The van der Waals surface area contributed by atoms with E-state index in [1.807, 2.05) is 24.3 Å². The van der Waals surface area contributed by atoms with Crippen molar-refractivity contribution in [2.75, 3.05) is 0 Å². The van der Waals surface area contributed by atoms with Crippen molar-refractivity contribution in [2.45, 2.75) is 26.2 Å². The summed E-state index contributed by atoms with van der Waals surface area (Å²) >= 11 is 0. The molecule has 0 fully saturated rings. The lowest BCUT2D eigenvalue weighted by molar-refractivity contribution is 0.483. The van der Waals surface area contributed by atoms with E-state index in [1.54, 1.807) is 12.5 Å². The van der Waals surface area contributed by atoms with E-state index in [4.69, 9.17) is 8.83 Å². The lowest BCUT2D eigenvalue weighted by atomic mass is 10.0. The first kappa shape index (κ1) is 18.3. The van der Waals surface area contributed by atoms with Crippen LogP contribution in [0.15, 0.2) is 94.2 Å². The van der Waals surface area contributed by atoms with Gasteiger partial charge in [-0.2, -0.15) is 0 Å². The highest BCUT2D eigenvalue weighted by molar-refractivity contribution is 5.63. The maximum Gasteiger partial charge on any atom is 0.117 e. The molecular weight excluding hydrogens is 348 g/mol. The fraction of sp³-hybridized carbons (Fsp3) is 0.167. The van der Waals surface area contributed by atoms with Crippen LogP contribution in [0.2, 0.25) is 0 Å².